The summed E-state index contributed by atoms with van der Waals surface area (Å²) >= 11 is 0. The summed E-state index contributed by atoms with van der Waals surface area (Å²) in [6.07, 6.45) is 0.949. The van der Waals surface area contributed by atoms with E-state index in [0.717, 1.165) is 6.26 Å². The second kappa shape index (κ2) is 5.51. The van der Waals surface area contributed by atoms with Gasteiger partial charge >= 0.3 is 0 Å². The number of hydrogen-bond acceptors (Lipinski definition) is 5. The van der Waals surface area contributed by atoms with Crippen molar-refractivity contribution in [3.05, 3.63) is 23.8 Å². The number of anilines is 1. The fourth-order valence-corrected chi connectivity index (χ4v) is 2.74. The first-order chi connectivity index (χ1) is 8.94. The third kappa shape index (κ3) is 3.78. The Hall–Kier alpha value is -1.45. The lowest BCUT2D eigenvalue weighted by Gasteiger charge is -2.14. The van der Waals surface area contributed by atoms with Crippen LogP contribution in [0.15, 0.2) is 23.1 Å². The summed E-state index contributed by atoms with van der Waals surface area (Å²) in [5, 5.41) is 6.20. The highest BCUT2D eigenvalue weighted by atomic mass is 32.2. The van der Waals surface area contributed by atoms with E-state index in [1.807, 2.05) is 0 Å². The molecule has 1 rings (SSSR count). The molecule has 20 heavy (non-hydrogen) atoms. The Morgan fingerprint density at radius 1 is 1.25 bits per heavy atom. The summed E-state index contributed by atoms with van der Waals surface area (Å²) in [5.41, 5.74) is 0.459. The van der Waals surface area contributed by atoms with E-state index >= 15 is 0 Å². The largest absolute Gasteiger partial charge is 0.325 e. The smallest absolute Gasteiger partial charge is 0.242 e. The van der Waals surface area contributed by atoms with Gasteiger partial charge < -0.3 is 5.32 Å². The average molecular weight is 320 g/mol. The van der Waals surface area contributed by atoms with Crippen molar-refractivity contribution in [1.82, 2.24) is 0 Å². The lowest BCUT2D eigenvalue weighted by atomic mass is 10.2. The molecule has 7 nitrogen and oxygen atoms in total. The quantitative estimate of drug-likeness (QED) is 0.809. The van der Waals surface area contributed by atoms with Crippen LogP contribution in [0.4, 0.5) is 5.69 Å². The summed E-state index contributed by atoms with van der Waals surface area (Å²) in [6.45, 7) is 2.73. The van der Waals surface area contributed by atoms with Gasteiger partial charge in [-0.05, 0) is 31.5 Å². The lowest BCUT2D eigenvalue weighted by Crippen LogP contribution is -2.32. The molecular formula is C11H16N2O5S2. The summed E-state index contributed by atoms with van der Waals surface area (Å²) in [4.78, 5) is 11.7. The molecule has 9 heteroatoms. The molecule has 0 aliphatic heterocycles. The molecule has 1 amide bonds. The van der Waals surface area contributed by atoms with Gasteiger partial charge in [0.05, 0.1) is 4.90 Å². The predicted octanol–water partition coefficient (Wildman–Crippen LogP) is 0.0140. The maximum atomic E-state index is 11.8. The average Bonchev–Trinajstić information content (AvgIpc) is 2.28. The van der Waals surface area contributed by atoms with Crippen LogP contribution in [0.5, 0.6) is 0 Å². The summed E-state index contributed by atoms with van der Waals surface area (Å²) < 4.78 is 45.3. The molecule has 0 spiro atoms. The highest BCUT2D eigenvalue weighted by Crippen LogP contribution is 2.22. The molecule has 0 radical (unpaired) electrons. The van der Waals surface area contributed by atoms with Crippen LogP contribution in [0, 0.1) is 6.92 Å². The minimum absolute atomic E-state index is 0.123. The molecule has 0 fully saturated rings. The maximum Gasteiger partial charge on any atom is 0.242 e. The number of rotatable bonds is 4. The van der Waals surface area contributed by atoms with Gasteiger partial charge in [-0.1, -0.05) is 6.07 Å². The number of carbonyl (C=O) groups is 1. The number of sulfone groups is 1. The highest BCUT2D eigenvalue weighted by Gasteiger charge is 2.24. The molecule has 0 heterocycles. The Morgan fingerprint density at radius 3 is 2.25 bits per heavy atom. The second-order valence-electron chi connectivity index (χ2n) is 4.43. The van der Waals surface area contributed by atoms with Crippen molar-refractivity contribution >= 4 is 31.5 Å². The van der Waals surface area contributed by atoms with Gasteiger partial charge in [0.2, 0.25) is 15.9 Å². The number of amides is 1. The molecule has 0 bridgehead atoms. The molecule has 0 aliphatic carbocycles. The van der Waals surface area contributed by atoms with Crippen LogP contribution in [-0.4, -0.2) is 34.2 Å². The predicted molar refractivity (Wildman–Crippen MR) is 75.5 cm³/mol. The minimum atomic E-state index is -3.91. The fraction of sp³-hybridized carbons (Fsp3) is 0.364. The van der Waals surface area contributed by atoms with Crippen LogP contribution >= 0.6 is 0 Å². The number of sulfonamides is 1. The van der Waals surface area contributed by atoms with E-state index in [2.05, 4.69) is 5.32 Å². The first-order valence-corrected chi connectivity index (χ1v) is 9.07. The molecular weight excluding hydrogens is 304 g/mol. The first-order valence-electron chi connectivity index (χ1n) is 5.56. The molecule has 1 aromatic rings. The van der Waals surface area contributed by atoms with E-state index < -0.39 is 31.0 Å². The molecule has 3 N–H and O–H groups in total. The van der Waals surface area contributed by atoms with Gasteiger partial charge in [0.1, 0.15) is 5.25 Å². The van der Waals surface area contributed by atoms with Crippen molar-refractivity contribution in [2.45, 2.75) is 24.0 Å². The minimum Gasteiger partial charge on any atom is -0.325 e. The van der Waals surface area contributed by atoms with Crippen LogP contribution in [-0.2, 0) is 24.7 Å². The van der Waals surface area contributed by atoms with Gasteiger partial charge in [-0.2, -0.15) is 0 Å². The fourth-order valence-electron chi connectivity index (χ4n) is 1.49. The Bertz CT molecular complexity index is 738. The maximum absolute atomic E-state index is 11.8. The van der Waals surface area contributed by atoms with Crippen LogP contribution in [0.2, 0.25) is 0 Å². The first kappa shape index (κ1) is 16.6. The van der Waals surface area contributed by atoms with Gasteiger partial charge in [-0.3, -0.25) is 4.79 Å². The molecule has 0 saturated heterocycles. The van der Waals surface area contributed by atoms with Crippen molar-refractivity contribution in [2.75, 3.05) is 11.6 Å². The van der Waals surface area contributed by atoms with Gasteiger partial charge in [0.15, 0.2) is 9.84 Å². The Kier molecular flexibility index (Phi) is 4.57. The summed E-state index contributed by atoms with van der Waals surface area (Å²) in [6, 6.07) is 4.19. The standard InChI is InChI=1S/C11H16N2O5S2/c1-7-9(5-4-6-10(7)20(12,17)18)13-11(14)8(2)19(3,15)16/h4-6,8H,1-3H3,(H,13,14)(H2,12,17,18). The number of carbonyl (C=O) groups excluding carboxylic acids is 1. The van der Waals surface area contributed by atoms with E-state index in [1.54, 1.807) is 0 Å². The molecule has 0 aliphatic rings. The lowest BCUT2D eigenvalue weighted by molar-refractivity contribution is -0.115. The van der Waals surface area contributed by atoms with Crippen molar-refractivity contribution in [3.8, 4) is 0 Å². The van der Waals surface area contributed by atoms with E-state index in [9.17, 15) is 21.6 Å². The third-order valence-electron chi connectivity index (χ3n) is 2.86. The van der Waals surface area contributed by atoms with Crippen LogP contribution in [0.25, 0.3) is 0 Å². The van der Waals surface area contributed by atoms with Gasteiger partial charge in [0, 0.05) is 11.9 Å². The summed E-state index contributed by atoms with van der Waals surface area (Å²) in [7, 11) is -7.44. The zero-order valence-corrected chi connectivity index (χ0v) is 12.9. The number of benzene rings is 1. The van der Waals surface area contributed by atoms with E-state index in [0.29, 0.717) is 0 Å². The molecule has 1 atom stereocenters. The second-order valence-corrected chi connectivity index (χ2v) is 8.33. The molecule has 1 unspecified atom stereocenters. The van der Waals surface area contributed by atoms with Crippen LogP contribution in [0.3, 0.4) is 0 Å². The van der Waals surface area contributed by atoms with Crippen molar-refractivity contribution in [3.63, 3.8) is 0 Å². The molecule has 0 aromatic heterocycles. The van der Waals surface area contributed by atoms with Gasteiger partial charge in [0.25, 0.3) is 0 Å². The molecule has 1 aromatic carbocycles. The van der Waals surface area contributed by atoms with Gasteiger partial charge in [-0.15, -0.1) is 0 Å². The molecule has 112 valence electrons. The SMILES string of the molecule is Cc1c(NC(=O)C(C)S(C)(=O)=O)cccc1S(N)(=O)=O. The van der Waals surface area contributed by atoms with Crippen LogP contribution < -0.4 is 10.5 Å². The number of nitrogens with two attached hydrogens (primary N) is 1. The summed E-state index contributed by atoms with van der Waals surface area (Å²) in [5.74, 6) is -0.734. The van der Waals surface area contributed by atoms with E-state index in [4.69, 9.17) is 5.14 Å². The normalized spacial score (nSPS) is 13.8. The molecule has 0 saturated carbocycles. The van der Waals surface area contributed by atoms with Crippen molar-refractivity contribution < 1.29 is 21.6 Å². The topological polar surface area (TPSA) is 123 Å². The number of primary sulfonamides is 1. The van der Waals surface area contributed by atoms with Crippen molar-refractivity contribution in [2.24, 2.45) is 5.14 Å². The van der Waals surface area contributed by atoms with E-state index in [1.165, 1.54) is 32.0 Å². The monoisotopic (exact) mass is 320 g/mol. The highest BCUT2D eigenvalue weighted by molar-refractivity contribution is 7.92. The van der Waals surface area contributed by atoms with E-state index in [-0.39, 0.29) is 16.1 Å². The number of hydrogen-bond donors (Lipinski definition) is 2. The third-order valence-corrected chi connectivity index (χ3v) is 5.41. The van der Waals surface area contributed by atoms with Gasteiger partial charge in [-0.25, -0.2) is 22.0 Å². The van der Waals surface area contributed by atoms with Crippen molar-refractivity contribution in [1.29, 1.82) is 0 Å². The Labute approximate surface area is 118 Å². The Morgan fingerprint density at radius 2 is 1.80 bits per heavy atom. The zero-order chi connectivity index (χ0) is 15.7. The number of nitrogens with one attached hydrogen (secondary N) is 1. The zero-order valence-electron chi connectivity index (χ0n) is 11.2. The Balaban J connectivity index is 3.16. The van der Waals surface area contributed by atoms with Crippen LogP contribution in [0.1, 0.15) is 12.5 Å².